The third-order valence-electron chi connectivity index (χ3n) is 2.76. The highest BCUT2D eigenvalue weighted by atomic mass is 32.1. The molecule has 0 saturated heterocycles. The van der Waals surface area contributed by atoms with E-state index in [1.165, 1.54) is 11.3 Å². The van der Waals surface area contributed by atoms with Crippen LogP contribution in [0.2, 0.25) is 0 Å². The van der Waals surface area contributed by atoms with Crippen molar-refractivity contribution in [2.75, 3.05) is 26.6 Å². The number of carbonyl (C=O) groups excluding carboxylic acids is 1. The Hall–Kier alpha value is -2.28. The zero-order chi connectivity index (χ0) is 15.4. The lowest BCUT2D eigenvalue weighted by Crippen LogP contribution is -2.07. The van der Waals surface area contributed by atoms with Crippen molar-refractivity contribution in [1.82, 2.24) is 4.98 Å². The highest BCUT2D eigenvalue weighted by Gasteiger charge is 2.22. The van der Waals surface area contributed by atoms with Crippen molar-refractivity contribution in [2.24, 2.45) is 0 Å². The number of hydrogen-bond donors (Lipinski definition) is 1. The molecular weight excluding hydrogens is 292 g/mol. The fourth-order valence-electron chi connectivity index (χ4n) is 1.85. The zero-order valence-electron chi connectivity index (χ0n) is 12.0. The molecule has 0 atom stereocenters. The van der Waals surface area contributed by atoms with Gasteiger partial charge in [0.05, 0.1) is 25.7 Å². The van der Waals surface area contributed by atoms with Gasteiger partial charge in [0.1, 0.15) is 11.5 Å². The van der Waals surface area contributed by atoms with Crippen LogP contribution in [0.3, 0.4) is 0 Å². The minimum absolute atomic E-state index is 0.186. The summed E-state index contributed by atoms with van der Waals surface area (Å²) in [5, 5.41) is 0.290. The van der Waals surface area contributed by atoms with Gasteiger partial charge in [-0.05, 0) is 25.1 Å². The molecule has 1 heterocycles. The Kier molecular flexibility index (Phi) is 4.64. The Labute approximate surface area is 126 Å². The number of nitrogens with zero attached hydrogens (tertiary/aromatic N) is 1. The summed E-state index contributed by atoms with van der Waals surface area (Å²) in [5.41, 5.74) is 6.62. The van der Waals surface area contributed by atoms with Crippen molar-refractivity contribution < 1.29 is 19.0 Å². The summed E-state index contributed by atoms with van der Waals surface area (Å²) in [6.07, 6.45) is 0. The van der Waals surface area contributed by atoms with Crippen molar-refractivity contribution in [1.29, 1.82) is 0 Å². The molecule has 0 spiro atoms. The molecule has 0 aliphatic rings. The van der Waals surface area contributed by atoms with Gasteiger partial charge in [-0.25, -0.2) is 9.78 Å². The molecule has 2 rings (SSSR count). The topological polar surface area (TPSA) is 83.7 Å². The highest BCUT2D eigenvalue weighted by Crippen LogP contribution is 2.39. The van der Waals surface area contributed by atoms with Crippen LogP contribution in [0.4, 0.5) is 5.13 Å². The van der Waals surface area contributed by atoms with Gasteiger partial charge >= 0.3 is 5.97 Å². The summed E-state index contributed by atoms with van der Waals surface area (Å²) in [6.45, 7) is 2.00. The second kappa shape index (κ2) is 6.45. The van der Waals surface area contributed by atoms with E-state index in [0.717, 1.165) is 0 Å². The number of anilines is 1. The summed E-state index contributed by atoms with van der Waals surface area (Å²) in [4.78, 5) is 16.7. The standard InChI is InChI=1S/C14H16N2O4S/c1-4-20-13(17)11-12(21-14(15)16-11)9-7-8(18-2)5-6-10(9)19-3/h5-7H,4H2,1-3H3,(H2,15,16). The van der Waals surface area contributed by atoms with Gasteiger partial charge in [-0.15, -0.1) is 0 Å². The van der Waals surface area contributed by atoms with Gasteiger partial charge in [-0.3, -0.25) is 0 Å². The smallest absolute Gasteiger partial charge is 0.358 e. The third-order valence-corrected chi connectivity index (χ3v) is 3.68. The first-order chi connectivity index (χ1) is 10.1. The Morgan fingerprint density at radius 1 is 1.33 bits per heavy atom. The lowest BCUT2D eigenvalue weighted by molar-refractivity contribution is 0.0521. The van der Waals surface area contributed by atoms with E-state index < -0.39 is 5.97 Å². The first-order valence-electron chi connectivity index (χ1n) is 6.26. The van der Waals surface area contributed by atoms with Crippen molar-refractivity contribution in [2.45, 2.75) is 6.92 Å². The number of methoxy groups -OCH3 is 2. The van der Waals surface area contributed by atoms with Crippen molar-refractivity contribution in [3.63, 3.8) is 0 Å². The van der Waals surface area contributed by atoms with Crippen LogP contribution < -0.4 is 15.2 Å². The molecule has 2 N–H and O–H groups in total. The molecule has 0 bridgehead atoms. The van der Waals surface area contributed by atoms with Gasteiger partial charge < -0.3 is 19.9 Å². The van der Waals surface area contributed by atoms with Crippen LogP contribution in [0.25, 0.3) is 10.4 Å². The second-order valence-electron chi connectivity index (χ2n) is 4.02. The summed E-state index contributed by atoms with van der Waals surface area (Å²) in [6, 6.07) is 5.31. The van der Waals surface area contributed by atoms with Crippen LogP contribution in [0, 0.1) is 0 Å². The minimum atomic E-state index is -0.509. The molecule has 1 aromatic heterocycles. The summed E-state index contributed by atoms with van der Waals surface area (Å²) >= 11 is 1.20. The van der Waals surface area contributed by atoms with E-state index in [2.05, 4.69) is 4.98 Å². The van der Waals surface area contributed by atoms with E-state index in [1.807, 2.05) is 0 Å². The molecule has 0 fully saturated rings. The molecule has 21 heavy (non-hydrogen) atoms. The number of esters is 1. The Morgan fingerprint density at radius 3 is 2.71 bits per heavy atom. The van der Waals surface area contributed by atoms with E-state index in [4.69, 9.17) is 19.9 Å². The first kappa shape index (κ1) is 15.1. The van der Waals surface area contributed by atoms with E-state index in [9.17, 15) is 4.79 Å². The van der Waals surface area contributed by atoms with Crippen LogP contribution in [0.5, 0.6) is 11.5 Å². The molecule has 0 aliphatic carbocycles. The molecule has 0 amide bonds. The van der Waals surface area contributed by atoms with Gasteiger partial charge in [0, 0.05) is 5.56 Å². The minimum Gasteiger partial charge on any atom is -0.497 e. The first-order valence-corrected chi connectivity index (χ1v) is 7.08. The van der Waals surface area contributed by atoms with Crippen molar-refractivity contribution in [3.8, 4) is 21.9 Å². The van der Waals surface area contributed by atoms with E-state index in [-0.39, 0.29) is 17.4 Å². The molecule has 6 nitrogen and oxygen atoms in total. The van der Waals surface area contributed by atoms with E-state index >= 15 is 0 Å². The largest absolute Gasteiger partial charge is 0.497 e. The normalized spacial score (nSPS) is 10.2. The highest BCUT2D eigenvalue weighted by molar-refractivity contribution is 7.19. The van der Waals surface area contributed by atoms with Gasteiger partial charge in [0.25, 0.3) is 0 Å². The molecule has 1 aromatic carbocycles. The van der Waals surface area contributed by atoms with Crippen molar-refractivity contribution in [3.05, 3.63) is 23.9 Å². The number of thiazole rings is 1. The van der Waals surface area contributed by atoms with Crippen LogP contribution in [-0.4, -0.2) is 31.8 Å². The number of nitrogen functional groups attached to an aromatic ring is 1. The predicted molar refractivity (Wildman–Crippen MR) is 81.0 cm³/mol. The zero-order valence-corrected chi connectivity index (χ0v) is 12.8. The number of benzene rings is 1. The lowest BCUT2D eigenvalue weighted by atomic mass is 10.1. The number of carbonyl (C=O) groups is 1. The SMILES string of the molecule is CCOC(=O)c1nc(N)sc1-c1cc(OC)ccc1OC. The molecule has 2 aromatic rings. The maximum Gasteiger partial charge on any atom is 0.358 e. The molecule has 112 valence electrons. The number of rotatable bonds is 5. The number of hydrogen-bond acceptors (Lipinski definition) is 7. The van der Waals surface area contributed by atoms with Crippen LogP contribution in [-0.2, 0) is 4.74 Å². The average molecular weight is 308 g/mol. The molecule has 0 saturated carbocycles. The molecule has 0 unspecified atom stereocenters. The van der Waals surface area contributed by atoms with E-state index in [1.54, 1.807) is 39.3 Å². The Balaban J connectivity index is 2.58. The van der Waals surface area contributed by atoms with Gasteiger partial charge in [0.2, 0.25) is 0 Å². The van der Waals surface area contributed by atoms with Gasteiger partial charge in [-0.2, -0.15) is 0 Å². The van der Waals surface area contributed by atoms with Gasteiger partial charge in [-0.1, -0.05) is 11.3 Å². The van der Waals surface area contributed by atoms with E-state index in [0.29, 0.717) is 21.9 Å². The molecule has 0 aliphatic heterocycles. The number of aromatic nitrogens is 1. The average Bonchev–Trinajstić information content (AvgIpc) is 2.88. The third kappa shape index (κ3) is 3.08. The predicted octanol–water partition coefficient (Wildman–Crippen LogP) is 2.59. The summed E-state index contributed by atoms with van der Waals surface area (Å²) < 4.78 is 15.6. The summed E-state index contributed by atoms with van der Waals surface area (Å²) in [7, 11) is 3.12. The Morgan fingerprint density at radius 2 is 2.10 bits per heavy atom. The van der Waals surface area contributed by atoms with Gasteiger partial charge in [0.15, 0.2) is 10.8 Å². The fraction of sp³-hybridized carbons (Fsp3) is 0.286. The fourth-order valence-corrected chi connectivity index (χ4v) is 2.69. The maximum absolute atomic E-state index is 12.0. The number of nitrogens with two attached hydrogens (primary N) is 1. The Bertz CT molecular complexity index is 654. The molecule has 0 radical (unpaired) electrons. The van der Waals surface area contributed by atoms with Crippen LogP contribution >= 0.6 is 11.3 Å². The molecular formula is C14H16N2O4S. The molecule has 7 heteroatoms. The van der Waals surface area contributed by atoms with Crippen LogP contribution in [0.1, 0.15) is 17.4 Å². The lowest BCUT2D eigenvalue weighted by Gasteiger charge is -2.10. The number of ether oxygens (including phenoxy) is 3. The monoisotopic (exact) mass is 308 g/mol. The summed E-state index contributed by atoms with van der Waals surface area (Å²) in [5.74, 6) is 0.739. The van der Waals surface area contributed by atoms with Crippen LogP contribution in [0.15, 0.2) is 18.2 Å². The second-order valence-corrected chi connectivity index (χ2v) is 5.05. The maximum atomic E-state index is 12.0. The quantitative estimate of drug-likeness (QED) is 0.855. The van der Waals surface area contributed by atoms with Crippen molar-refractivity contribution >= 4 is 22.4 Å².